The van der Waals surface area contributed by atoms with Gasteiger partial charge in [-0.15, -0.1) is 0 Å². The maximum Gasteiger partial charge on any atom is 0.243 e. The van der Waals surface area contributed by atoms with Crippen LogP contribution in [-0.2, 0) is 16.4 Å². The lowest BCUT2D eigenvalue weighted by atomic mass is 10.1. The molecule has 26 heavy (non-hydrogen) atoms. The van der Waals surface area contributed by atoms with E-state index < -0.39 is 10.0 Å². The van der Waals surface area contributed by atoms with Gasteiger partial charge in [0.15, 0.2) is 0 Å². The fourth-order valence-corrected chi connectivity index (χ4v) is 5.28. The van der Waals surface area contributed by atoms with Crippen molar-refractivity contribution in [1.82, 2.24) is 4.31 Å². The number of hydrogen-bond donors (Lipinski definition) is 0. The van der Waals surface area contributed by atoms with Gasteiger partial charge in [0, 0.05) is 31.9 Å². The van der Waals surface area contributed by atoms with E-state index in [0.29, 0.717) is 36.8 Å². The number of hydrogen-bond acceptors (Lipinski definition) is 3. The van der Waals surface area contributed by atoms with Crippen molar-refractivity contribution in [3.8, 4) is 0 Å². The van der Waals surface area contributed by atoms with E-state index in [2.05, 4.69) is 36.1 Å². The van der Waals surface area contributed by atoms with E-state index >= 15 is 0 Å². The summed E-state index contributed by atoms with van der Waals surface area (Å²) in [5.41, 5.74) is 3.03. The smallest absolute Gasteiger partial charge is 0.243 e. The summed E-state index contributed by atoms with van der Waals surface area (Å²) in [7, 11) is -3.58. The molecule has 0 unspecified atom stereocenters. The molecule has 0 spiro atoms. The number of halogens is 2. The number of sulfonamides is 1. The predicted molar refractivity (Wildman–Crippen MR) is 108 cm³/mol. The maximum absolute atomic E-state index is 13.0. The Kier molecular flexibility index (Phi) is 5.82. The zero-order chi connectivity index (χ0) is 18.9. The van der Waals surface area contributed by atoms with Gasteiger partial charge in [0.05, 0.1) is 14.9 Å². The second-order valence-corrected chi connectivity index (χ2v) is 9.16. The molecule has 0 radical (unpaired) electrons. The molecule has 3 rings (SSSR count). The second-order valence-electron chi connectivity index (χ2n) is 6.44. The summed E-state index contributed by atoms with van der Waals surface area (Å²) in [4.78, 5) is 2.44. The van der Waals surface area contributed by atoms with Gasteiger partial charge < -0.3 is 4.90 Å². The normalized spacial score (nSPS) is 16.1. The molecule has 1 aliphatic rings. The summed E-state index contributed by atoms with van der Waals surface area (Å²) in [5, 5.41) is 0.619. The van der Waals surface area contributed by atoms with Gasteiger partial charge in [-0.1, -0.05) is 42.3 Å². The number of anilines is 1. The summed E-state index contributed by atoms with van der Waals surface area (Å²) in [6.45, 7) is 6.06. The highest BCUT2D eigenvalue weighted by Crippen LogP contribution is 2.30. The number of rotatable bonds is 4. The van der Waals surface area contributed by atoms with Gasteiger partial charge in [-0.05, 0) is 48.7 Å². The fraction of sp³-hybridized carbons (Fsp3) is 0.368. The van der Waals surface area contributed by atoms with E-state index in [0.717, 1.165) is 12.1 Å². The average Bonchev–Trinajstić information content (AvgIpc) is 2.65. The van der Waals surface area contributed by atoms with E-state index in [4.69, 9.17) is 23.2 Å². The molecule has 1 aliphatic heterocycles. The SMILES string of the molecule is CCc1ccc(N2CCN(S(=O)(=O)c3cc(Cl)c(Cl)cc3C)CC2)cc1. The van der Waals surface area contributed by atoms with E-state index in [-0.39, 0.29) is 9.92 Å². The number of piperazine rings is 1. The third-order valence-electron chi connectivity index (χ3n) is 4.78. The van der Waals surface area contributed by atoms with E-state index in [1.807, 2.05) is 0 Å². The minimum atomic E-state index is -3.58. The molecule has 1 fully saturated rings. The van der Waals surface area contributed by atoms with Gasteiger partial charge in [0.25, 0.3) is 0 Å². The van der Waals surface area contributed by atoms with Gasteiger partial charge in [0.2, 0.25) is 10.0 Å². The van der Waals surface area contributed by atoms with Crippen LogP contribution in [0.2, 0.25) is 10.0 Å². The van der Waals surface area contributed by atoms with Gasteiger partial charge in [-0.25, -0.2) is 8.42 Å². The van der Waals surface area contributed by atoms with E-state index in [1.54, 1.807) is 13.0 Å². The molecule has 0 amide bonds. The number of benzene rings is 2. The highest BCUT2D eigenvalue weighted by atomic mass is 35.5. The molecule has 0 N–H and O–H groups in total. The van der Waals surface area contributed by atoms with Gasteiger partial charge >= 0.3 is 0 Å². The molecule has 1 heterocycles. The lowest BCUT2D eigenvalue weighted by Gasteiger charge is -2.35. The minimum Gasteiger partial charge on any atom is -0.369 e. The molecular formula is C19H22Cl2N2O2S. The van der Waals surface area contributed by atoms with Gasteiger partial charge in [-0.3, -0.25) is 0 Å². The largest absolute Gasteiger partial charge is 0.369 e. The molecule has 0 aliphatic carbocycles. The summed E-state index contributed by atoms with van der Waals surface area (Å²) in [6, 6.07) is 11.5. The van der Waals surface area contributed by atoms with Crippen molar-refractivity contribution in [3.63, 3.8) is 0 Å². The van der Waals surface area contributed by atoms with E-state index in [1.165, 1.54) is 15.9 Å². The first-order valence-corrected chi connectivity index (χ1v) is 10.8. The van der Waals surface area contributed by atoms with Crippen molar-refractivity contribution in [1.29, 1.82) is 0 Å². The first-order chi connectivity index (χ1) is 12.3. The Morgan fingerprint density at radius 2 is 1.54 bits per heavy atom. The molecular weight excluding hydrogens is 391 g/mol. The number of nitrogens with zero attached hydrogens (tertiary/aromatic N) is 2. The van der Waals surface area contributed by atoms with Crippen LogP contribution in [0.15, 0.2) is 41.3 Å². The van der Waals surface area contributed by atoms with Crippen molar-refractivity contribution in [2.75, 3.05) is 31.1 Å². The van der Waals surface area contributed by atoms with Crippen LogP contribution in [0.1, 0.15) is 18.1 Å². The minimum absolute atomic E-state index is 0.229. The van der Waals surface area contributed by atoms with Gasteiger partial charge in [0.1, 0.15) is 0 Å². The molecule has 0 aromatic heterocycles. The molecule has 7 heteroatoms. The lowest BCUT2D eigenvalue weighted by molar-refractivity contribution is 0.384. The molecule has 140 valence electrons. The van der Waals surface area contributed by atoms with Crippen LogP contribution in [0.3, 0.4) is 0 Å². The van der Waals surface area contributed by atoms with Crippen LogP contribution in [0, 0.1) is 6.92 Å². The Labute approximate surface area is 165 Å². The fourth-order valence-electron chi connectivity index (χ4n) is 3.17. The summed E-state index contributed by atoms with van der Waals surface area (Å²) in [5.74, 6) is 0. The first kappa shape index (κ1) is 19.5. The summed E-state index contributed by atoms with van der Waals surface area (Å²) < 4.78 is 27.5. The van der Waals surface area contributed by atoms with Crippen LogP contribution in [0.5, 0.6) is 0 Å². The van der Waals surface area contributed by atoms with Crippen molar-refractivity contribution < 1.29 is 8.42 Å². The highest BCUT2D eigenvalue weighted by Gasteiger charge is 2.30. The molecule has 0 atom stereocenters. The molecule has 2 aromatic carbocycles. The zero-order valence-corrected chi connectivity index (χ0v) is 17.2. The molecule has 0 saturated carbocycles. The Morgan fingerprint density at radius 1 is 0.962 bits per heavy atom. The Hall–Kier alpha value is -1.27. The topological polar surface area (TPSA) is 40.6 Å². The zero-order valence-electron chi connectivity index (χ0n) is 14.9. The highest BCUT2D eigenvalue weighted by molar-refractivity contribution is 7.89. The average molecular weight is 413 g/mol. The van der Waals surface area contributed by atoms with Crippen LogP contribution < -0.4 is 4.90 Å². The molecule has 4 nitrogen and oxygen atoms in total. The Bertz CT molecular complexity index is 891. The number of aryl methyl sites for hydroxylation is 2. The van der Waals surface area contributed by atoms with Crippen LogP contribution >= 0.6 is 23.2 Å². The maximum atomic E-state index is 13.0. The third-order valence-corrected chi connectivity index (χ3v) is 7.55. The molecule has 1 saturated heterocycles. The third kappa shape index (κ3) is 3.86. The summed E-state index contributed by atoms with van der Waals surface area (Å²) in [6.07, 6.45) is 1.01. The quantitative estimate of drug-likeness (QED) is 0.747. The summed E-state index contributed by atoms with van der Waals surface area (Å²) >= 11 is 12.0. The van der Waals surface area contributed by atoms with Crippen LogP contribution in [0.25, 0.3) is 0 Å². The van der Waals surface area contributed by atoms with E-state index in [9.17, 15) is 8.42 Å². The monoisotopic (exact) mass is 412 g/mol. The molecule has 0 bridgehead atoms. The Morgan fingerprint density at radius 3 is 2.12 bits per heavy atom. The van der Waals surface area contributed by atoms with Gasteiger partial charge in [-0.2, -0.15) is 4.31 Å². The second kappa shape index (κ2) is 7.77. The van der Waals surface area contributed by atoms with Crippen molar-refractivity contribution in [3.05, 3.63) is 57.6 Å². The first-order valence-electron chi connectivity index (χ1n) is 8.62. The van der Waals surface area contributed by atoms with Crippen molar-refractivity contribution in [2.24, 2.45) is 0 Å². The molecule has 2 aromatic rings. The standard InChI is InChI=1S/C19H22Cl2N2O2S/c1-3-15-4-6-16(7-5-15)22-8-10-23(11-9-22)26(24,25)19-13-18(21)17(20)12-14(19)2/h4-7,12-13H,3,8-11H2,1-2H3. The van der Waals surface area contributed by atoms with Crippen molar-refractivity contribution >= 4 is 38.9 Å². The van der Waals surface area contributed by atoms with Crippen LogP contribution in [0.4, 0.5) is 5.69 Å². The van der Waals surface area contributed by atoms with Crippen LogP contribution in [-0.4, -0.2) is 38.9 Å². The van der Waals surface area contributed by atoms with Crippen molar-refractivity contribution in [2.45, 2.75) is 25.2 Å². The Balaban J connectivity index is 1.75. The predicted octanol–water partition coefficient (Wildman–Crippen LogP) is 4.38. The lowest BCUT2D eigenvalue weighted by Crippen LogP contribution is -2.48.